The fraction of sp³-hybridized carbons (Fsp3) is 0.357. The largest absolute Gasteiger partial charge is 0.497 e. The van der Waals surface area contributed by atoms with E-state index in [-0.39, 0.29) is 0 Å². The van der Waals surface area contributed by atoms with Crippen molar-refractivity contribution in [2.75, 3.05) is 7.11 Å². The Hall–Kier alpha value is -1.35. The topological polar surface area (TPSA) is 22.1 Å². The summed E-state index contributed by atoms with van der Waals surface area (Å²) in [5, 5.41) is 1.32. The van der Waals surface area contributed by atoms with Gasteiger partial charge in [-0.1, -0.05) is 12.1 Å². The molecule has 3 rings (SSSR count). The normalized spacial score (nSPS) is 14.9. The molecular weight excluding hydrogens is 230 g/mol. The van der Waals surface area contributed by atoms with Gasteiger partial charge in [0.25, 0.3) is 0 Å². The quantitative estimate of drug-likeness (QED) is 0.820. The first-order chi connectivity index (χ1) is 8.35. The lowest BCUT2D eigenvalue weighted by Gasteiger charge is -2.02. The summed E-state index contributed by atoms with van der Waals surface area (Å²) >= 11 is 1.86. The summed E-state index contributed by atoms with van der Waals surface area (Å²) in [6.07, 6.45) is 5.64. The summed E-state index contributed by atoms with van der Waals surface area (Å²) < 4.78 is 5.23. The van der Waals surface area contributed by atoms with E-state index in [1.165, 1.54) is 28.3 Å². The van der Waals surface area contributed by atoms with Gasteiger partial charge in [-0.25, -0.2) is 4.98 Å². The number of thiazole rings is 1. The molecular formula is C14H15NOS. The molecule has 0 amide bonds. The van der Waals surface area contributed by atoms with E-state index < -0.39 is 0 Å². The minimum atomic E-state index is 0.763. The zero-order valence-corrected chi connectivity index (χ0v) is 10.7. The van der Waals surface area contributed by atoms with Crippen molar-refractivity contribution in [2.45, 2.75) is 25.2 Å². The van der Waals surface area contributed by atoms with Gasteiger partial charge in [0.1, 0.15) is 5.75 Å². The van der Waals surface area contributed by atoms with Crippen molar-refractivity contribution in [3.63, 3.8) is 0 Å². The van der Waals surface area contributed by atoms with E-state index in [9.17, 15) is 0 Å². The van der Waals surface area contributed by atoms with Gasteiger partial charge in [0.2, 0.25) is 0 Å². The molecule has 0 saturated heterocycles. The van der Waals surface area contributed by atoms with Gasteiger partial charge in [-0.2, -0.15) is 0 Å². The van der Waals surface area contributed by atoms with E-state index in [2.05, 4.69) is 17.1 Å². The highest BCUT2D eigenvalue weighted by atomic mass is 32.1. The van der Waals surface area contributed by atoms with Gasteiger partial charge in [-0.05, 0) is 30.5 Å². The second-order valence-electron chi connectivity index (χ2n) is 4.47. The van der Waals surface area contributed by atoms with Gasteiger partial charge in [0.15, 0.2) is 0 Å². The van der Waals surface area contributed by atoms with Crippen LogP contribution in [0.4, 0.5) is 0 Å². The van der Waals surface area contributed by atoms with Crippen LogP contribution in [-0.2, 0) is 6.42 Å². The van der Waals surface area contributed by atoms with E-state index in [1.807, 2.05) is 29.7 Å². The summed E-state index contributed by atoms with van der Waals surface area (Å²) in [5.41, 5.74) is 1.29. The molecule has 0 aliphatic heterocycles. The Morgan fingerprint density at radius 2 is 2.29 bits per heavy atom. The molecule has 3 heteroatoms. The number of ether oxygens (including phenoxy) is 1. The maximum Gasteiger partial charge on any atom is 0.119 e. The van der Waals surface area contributed by atoms with E-state index in [4.69, 9.17) is 4.74 Å². The Labute approximate surface area is 105 Å². The molecule has 0 spiro atoms. The lowest BCUT2D eigenvalue weighted by Crippen LogP contribution is -1.87. The van der Waals surface area contributed by atoms with Crippen LogP contribution >= 0.6 is 11.3 Å². The third kappa shape index (κ3) is 2.50. The number of benzene rings is 1. The Balaban J connectivity index is 1.75. The van der Waals surface area contributed by atoms with E-state index in [0.29, 0.717) is 0 Å². The third-order valence-electron chi connectivity index (χ3n) is 3.01. The highest BCUT2D eigenvalue weighted by molar-refractivity contribution is 7.11. The minimum Gasteiger partial charge on any atom is -0.497 e. The maximum atomic E-state index is 5.23. The number of nitrogens with zero attached hydrogens (tertiary/aromatic N) is 1. The SMILES string of the molecule is COc1cccc(Cc2cnc(C3CC3)s2)c1. The molecule has 0 N–H and O–H groups in total. The van der Waals surface area contributed by atoms with Gasteiger partial charge in [-0.15, -0.1) is 11.3 Å². The van der Waals surface area contributed by atoms with Gasteiger partial charge >= 0.3 is 0 Å². The van der Waals surface area contributed by atoms with Crippen LogP contribution in [0.5, 0.6) is 5.75 Å². The summed E-state index contributed by atoms with van der Waals surface area (Å²) in [6.45, 7) is 0. The number of methoxy groups -OCH3 is 1. The van der Waals surface area contributed by atoms with Crippen LogP contribution in [0.25, 0.3) is 0 Å². The Morgan fingerprint density at radius 3 is 3.06 bits per heavy atom. The first-order valence-corrected chi connectivity index (χ1v) is 6.74. The summed E-state index contributed by atoms with van der Waals surface area (Å²) in [4.78, 5) is 5.85. The van der Waals surface area contributed by atoms with Gasteiger partial charge in [-0.3, -0.25) is 0 Å². The van der Waals surface area contributed by atoms with E-state index in [1.54, 1.807) is 7.11 Å². The predicted octanol–water partition coefficient (Wildman–Crippen LogP) is 3.62. The lowest BCUT2D eigenvalue weighted by molar-refractivity contribution is 0.414. The summed E-state index contributed by atoms with van der Waals surface area (Å²) in [6, 6.07) is 8.25. The van der Waals surface area contributed by atoms with Crippen LogP contribution in [0.15, 0.2) is 30.5 Å². The van der Waals surface area contributed by atoms with Crippen molar-refractivity contribution >= 4 is 11.3 Å². The molecule has 1 aromatic carbocycles. The lowest BCUT2D eigenvalue weighted by atomic mass is 10.1. The van der Waals surface area contributed by atoms with E-state index >= 15 is 0 Å². The summed E-state index contributed by atoms with van der Waals surface area (Å²) in [7, 11) is 1.71. The molecule has 1 fully saturated rings. The molecule has 88 valence electrons. The average molecular weight is 245 g/mol. The molecule has 0 bridgehead atoms. The van der Waals surface area contributed by atoms with Crippen LogP contribution in [-0.4, -0.2) is 12.1 Å². The number of hydrogen-bond donors (Lipinski definition) is 0. The van der Waals surface area contributed by atoms with Crippen molar-refractivity contribution in [3.05, 3.63) is 45.9 Å². The van der Waals surface area contributed by atoms with Crippen molar-refractivity contribution in [1.29, 1.82) is 0 Å². The summed E-state index contributed by atoms with van der Waals surface area (Å²) in [5.74, 6) is 1.69. The van der Waals surface area contributed by atoms with Crippen molar-refractivity contribution < 1.29 is 4.74 Å². The Morgan fingerprint density at radius 1 is 1.41 bits per heavy atom. The zero-order valence-electron chi connectivity index (χ0n) is 9.85. The number of aromatic nitrogens is 1. The second-order valence-corrected chi connectivity index (χ2v) is 5.61. The van der Waals surface area contributed by atoms with Crippen molar-refractivity contribution in [1.82, 2.24) is 4.98 Å². The van der Waals surface area contributed by atoms with Crippen LogP contribution < -0.4 is 4.74 Å². The maximum absolute atomic E-state index is 5.23. The van der Waals surface area contributed by atoms with Crippen molar-refractivity contribution in [3.8, 4) is 5.75 Å². The molecule has 1 heterocycles. The van der Waals surface area contributed by atoms with E-state index in [0.717, 1.165) is 18.1 Å². The molecule has 0 unspecified atom stereocenters. The van der Waals surface area contributed by atoms with Crippen LogP contribution in [0.1, 0.15) is 34.2 Å². The number of rotatable bonds is 4. The fourth-order valence-corrected chi connectivity index (χ4v) is 3.03. The molecule has 0 radical (unpaired) electrons. The molecule has 1 aromatic heterocycles. The molecule has 0 atom stereocenters. The molecule has 17 heavy (non-hydrogen) atoms. The zero-order chi connectivity index (χ0) is 11.7. The van der Waals surface area contributed by atoms with Crippen LogP contribution in [0.3, 0.4) is 0 Å². The molecule has 1 saturated carbocycles. The highest BCUT2D eigenvalue weighted by Gasteiger charge is 2.26. The second kappa shape index (κ2) is 4.49. The molecule has 1 aliphatic carbocycles. The molecule has 1 aliphatic rings. The average Bonchev–Trinajstić information content (AvgIpc) is 3.11. The first-order valence-electron chi connectivity index (χ1n) is 5.92. The Kier molecular flexibility index (Phi) is 2.85. The predicted molar refractivity (Wildman–Crippen MR) is 69.9 cm³/mol. The minimum absolute atomic E-state index is 0.763. The van der Waals surface area contributed by atoms with Crippen molar-refractivity contribution in [2.24, 2.45) is 0 Å². The number of hydrogen-bond acceptors (Lipinski definition) is 3. The fourth-order valence-electron chi connectivity index (χ4n) is 1.91. The highest BCUT2D eigenvalue weighted by Crippen LogP contribution is 2.42. The first kappa shape index (κ1) is 10.8. The van der Waals surface area contributed by atoms with Crippen LogP contribution in [0, 0.1) is 0 Å². The molecule has 2 nitrogen and oxygen atoms in total. The standard InChI is InChI=1S/C14H15NOS/c1-16-12-4-2-3-10(7-12)8-13-9-15-14(17-13)11-5-6-11/h2-4,7,9,11H,5-6,8H2,1H3. The Bertz CT molecular complexity index is 516. The molecule has 2 aromatic rings. The van der Waals surface area contributed by atoms with Crippen LogP contribution in [0.2, 0.25) is 0 Å². The van der Waals surface area contributed by atoms with Gasteiger partial charge in [0.05, 0.1) is 12.1 Å². The smallest absolute Gasteiger partial charge is 0.119 e. The third-order valence-corrected chi connectivity index (χ3v) is 4.17. The monoisotopic (exact) mass is 245 g/mol. The van der Waals surface area contributed by atoms with Gasteiger partial charge < -0.3 is 4.74 Å². The van der Waals surface area contributed by atoms with Gasteiger partial charge in [0, 0.05) is 23.4 Å².